The third kappa shape index (κ3) is 2.61. The van der Waals surface area contributed by atoms with Crippen molar-refractivity contribution in [3.05, 3.63) is 28.8 Å². The largest absolute Gasteiger partial charge is 0.325 e. The summed E-state index contributed by atoms with van der Waals surface area (Å²) < 4.78 is 12.4. The first kappa shape index (κ1) is 10.6. The van der Waals surface area contributed by atoms with Crippen molar-refractivity contribution in [2.75, 3.05) is 0 Å². The van der Waals surface area contributed by atoms with Crippen LogP contribution >= 0.6 is 24.0 Å². The lowest BCUT2D eigenvalue weighted by Crippen LogP contribution is -1.99. The number of hydrogen-bond donors (Lipinski definition) is 1. The van der Waals surface area contributed by atoms with E-state index in [0.29, 0.717) is 5.69 Å². The first-order chi connectivity index (χ1) is 4.74. The highest BCUT2D eigenvalue weighted by Gasteiger charge is 1.99. The van der Waals surface area contributed by atoms with Gasteiger partial charge in [0.1, 0.15) is 0 Å². The van der Waals surface area contributed by atoms with Gasteiger partial charge in [-0.25, -0.2) is 9.37 Å². The van der Waals surface area contributed by atoms with Gasteiger partial charge in [-0.15, -0.1) is 12.4 Å². The fourth-order valence-electron chi connectivity index (χ4n) is 0.569. The standard InChI is InChI=1S/C6H6ClFN2.ClH/c7-6-5(8)2-1-4(3-9)10-6;/h1-2H,3,9H2;1H. The van der Waals surface area contributed by atoms with Crippen LogP contribution in [0.2, 0.25) is 5.15 Å². The van der Waals surface area contributed by atoms with Gasteiger partial charge >= 0.3 is 0 Å². The summed E-state index contributed by atoms with van der Waals surface area (Å²) in [6.45, 7) is 0.278. The fraction of sp³-hybridized carbons (Fsp3) is 0.167. The van der Waals surface area contributed by atoms with E-state index in [1.54, 1.807) is 0 Å². The molecule has 11 heavy (non-hydrogen) atoms. The molecular weight excluding hydrogens is 190 g/mol. The molecule has 1 heterocycles. The van der Waals surface area contributed by atoms with E-state index in [4.69, 9.17) is 17.3 Å². The minimum absolute atomic E-state index is 0. The molecule has 62 valence electrons. The summed E-state index contributed by atoms with van der Waals surface area (Å²) >= 11 is 5.35. The van der Waals surface area contributed by atoms with Crippen LogP contribution in [0.4, 0.5) is 4.39 Å². The molecule has 0 aliphatic rings. The van der Waals surface area contributed by atoms with E-state index in [1.807, 2.05) is 0 Å². The molecule has 0 radical (unpaired) electrons. The first-order valence-electron chi connectivity index (χ1n) is 2.75. The Balaban J connectivity index is 0.000001000. The van der Waals surface area contributed by atoms with Gasteiger partial charge in [-0.05, 0) is 12.1 Å². The monoisotopic (exact) mass is 196 g/mol. The SMILES string of the molecule is Cl.NCc1ccc(F)c(Cl)n1. The molecule has 2 nitrogen and oxygen atoms in total. The zero-order chi connectivity index (χ0) is 7.56. The Morgan fingerprint density at radius 2 is 2.18 bits per heavy atom. The van der Waals surface area contributed by atoms with Crippen molar-refractivity contribution in [3.8, 4) is 0 Å². The number of aromatic nitrogens is 1. The summed E-state index contributed by atoms with van der Waals surface area (Å²) in [5.74, 6) is -0.515. The molecule has 0 unspecified atom stereocenters. The summed E-state index contributed by atoms with van der Waals surface area (Å²) in [6, 6.07) is 2.75. The van der Waals surface area contributed by atoms with Crippen molar-refractivity contribution < 1.29 is 4.39 Å². The van der Waals surface area contributed by atoms with Gasteiger partial charge in [-0.1, -0.05) is 11.6 Å². The molecule has 0 aliphatic heterocycles. The predicted octanol–water partition coefficient (Wildman–Crippen LogP) is 1.75. The van der Waals surface area contributed by atoms with Crippen LogP contribution in [-0.4, -0.2) is 4.98 Å². The molecule has 1 rings (SSSR count). The van der Waals surface area contributed by atoms with Crippen LogP contribution in [0.25, 0.3) is 0 Å². The lowest BCUT2D eigenvalue weighted by Gasteiger charge is -1.95. The highest BCUT2D eigenvalue weighted by atomic mass is 35.5. The van der Waals surface area contributed by atoms with Gasteiger partial charge in [0.05, 0.1) is 5.69 Å². The topological polar surface area (TPSA) is 38.9 Å². The van der Waals surface area contributed by atoms with Crippen molar-refractivity contribution >= 4 is 24.0 Å². The summed E-state index contributed by atoms with van der Waals surface area (Å²) in [7, 11) is 0. The Hall–Kier alpha value is -0.380. The smallest absolute Gasteiger partial charge is 0.165 e. The molecule has 0 aliphatic carbocycles. The minimum atomic E-state index is -0.515. The number of halogens is 3. The third-order valence-corrected chi connectivity index (χ3v) is 1.34. The van der Waals surface area contributed by atoms with Crippen LogP contribution in [0.1, 0.15) is 5.69 Å². The normalized spacial score (nSPS) is 9.00. The van der Waals surface area contributed by atoms with Gasteiger partial charge in [-0.3, -0.25) is 0 Å². The van der Waals surface area contributed by atoms with E-state index >= 15 is 0 Å². The molecule has 1 aromatic rings. The Bertz CT molecular complexity index is 242. The van der Waals surface area contributed by atoms with E-state index in [0.717, 1.165) is 0 Å². The quantitative estimate of drug-likeness (QED) is 0.696. The summed E-state index contributed by atoms with van der Waals surface area (Å²) in [5, 5.41) is -0.122. The Morgan fingerprint density at radius 3 is 2.64 bits per heavy atom. The fourth-order valence-corrected chi connectivity index (χ4v) is 0.740. The number of nitrogens with zero attached hydrogens (tertiary/aromatic N) is 1. The van der Waals surface area contributed by atoms with Crippen LogP contribution in [-0.2, 0) is 6.54 Å². The molecule has 0 aromatic carbocycles. The molecule has 0 saturated carbocycles. The van der Waals surface area contributed by atoms with Crippen LogP contribution in [0, 0.1) is 5.82 Å². The number of pyridine rings is 1. The molecule has 0 atom stereocenters. The van der Waals surface area contributed by atoms with E-state index in [2.05, 4.69) is 4.98 Å². The van der Waals surface area contributed by atoms with Gasteiger partial charge in [0.2, 0.25) is 0 Å². The second-order valence-electron chi connectivity index (χ2n) is 1.78. The molecule has 0 bridgehead atoms. The zero-order valence-electron chi connectivity index (χ0n) is 5.55. The van der Waals surface area contributed by atoms with Gasteiger partial charge in [0.25, 0.3) is 0 Å². The van der Waals surface area contributed by atoms with E-state index in [1.165, 1.54) is 12.1 Å². The van der Waals surface area contributed by atoms with Crippen molar-refractivity contribution in [1.82, 2.24) is 4.98 Å². The van der Waals surface area contributed by atoms with Gasteiger partial charge in [0, 0.05) is 6.54 Å². The lowest BCUT2D eigenvalue weighted by atomic mass is 10.3. The van der Waals surface area contributed by atoms with E-state index < -0.39 is 5.82 Å². The molecule has 5 heteroatoms. The summed E-state index contributed by atoms with van der Waals surface area (Å²) in [4.78, 5) is 3.66. The van der Waals surface area contributed by atoms with Gasteiger partial charge < -0.3 is 5.73 Å². The first-order valence-corrected chi connectivity index (χ1v) is 3.13. The van der Waals surface area contributed by atoms with Crippen molar-refractivity contribution in [1.29, 1.82) is 0 Å². The minimum Gasteiger partial charge on any atom is -0.325 e. The summed E-state index contributed by atoms with van der Waals surface area (Å²) in [5.41, 5.74) is 5.81. The Kier molecular flexibility index (Phi) is 4.33. The molecule has 0 amide bonds. The number of rotatable bonds is 1. The third-order valence-electron chi connectivity index (χ3n) is 1.07. The maximum atomic E-state index is 12.4. The van der Waals surface area contributed by atoms with Gasteiger partial charge in [-0.2, -0.15) is 0 Å². The summed E-state index contributed by atoms with van der Waals surface area (Å²) in [6.07, 6.45) is 0. The van der Waals surface area contributed by atoms with Gasteiger partial charge in [0.15, 0.2) is 11.0 Å². The van der Waals surface area contributed by atoms with E-state index in [-0.39, 0.29) is 24.1 Å². The van der Waals surface area contributed by atoms with Crippen LogP contribution in [0.15, 0.2) is 12.1 Å². The van der Waals surface area contributed by atoms with Crippen molar-refractivity contribution in [2.45, 2.75) is 6.54 Å². The molecule has 1 aromatic heterocycles. The average molecular weight is 197 g/mol. The van der Waals surface area contributed by atoms with E-state index in [9.17, 15) is 4.39 Å². The molecule has 0 fully saturated rings. The number of nitrogens with two attached hydrogens (primary N) is 1. The molecule has 2 N–H and O–H groups in total. The lowest BCUT2D eigenvalue weighted by molar-refractivity contribution is 0.619. The van der Waals surface area contributed by atoms with Crippen LogP contribution < -0.4 is 5.73 Å². The molecule has 0 saturated heterocycles. The highest BCUT2D eigenvalue weighted by Crippen LogP contribution is 2.10. The highest BCUT2D eigenvalue weighted by molar-refractivity contribution is 6.29. The van der Waals surface area contributed by atoms with Crippen LogP contribution in [0.5, 0.6) is 0 Å². The molecular formula is C6H7Cl2FN2. The number of hydrogen-bond acceptors (Lipinski definition) is 2. The van der Waals surface area contributed by atoms with Crippen molar-refractivity contribution in [2.24, 2.45) is 5.73 Å². The average Bonchev–Trinajstić information content (AvgIpc) is 1.95. The zero-order valence-corrected chi connectivity index (χ0v) is 7.12. The predicted molar refractivity (Wildman–Crippen MR) is 44.3 cm³/mol. The molecule has 0 spiro atoms. The Morgan fingerprint density at radius 1 is 1.55 bits per heavy atom. The maximum absolute atomic E-state index is 12.4. The van der Waals surface area contributed by atoms with Crippen LogP contribution in [0.3, 0.4) is 0 Å². The second kappa shape index (κ2) is 4.49. The maximum Gasteiger partial charge on any atom is 0.165 e. The second-order valence-corrected chi connectivity index (χ2v) is 2.14. The Labute approximate surface area is 75.0 Å². The van der Waals surface area contributed by atoms with Crippen molar-refractivity contribution in [3.63, 3.8) is 0 Å².